The number of carbonyl (C=O) groups excluding carboxylic acids is 1. The molecule has 0 aliphatic heterocycles. The van der Waals surface area contributed by atoms with Gasteiger partial charge in [0.15, 0.2) is 0 Å². The van der Waals surface area contributed by atoms with Gasteiger partial charge in [-0.3, -0.25) is 4.79 Å². The lowest BCUT2D eigenvalue weighted by Crippen LogP contribution is -2.20. The third kappa shape index (κ3) is 6.59. The minimum absolute atomic E-state index is 0.104. The molecule has 0 saturated heterocycles. The van der Waals surface area contributed by atoms with Crippen molar-refractivity contribution in [1.82, 2.24) is 5.43 Å². The predicted molar refractivity (Wildman–Crippen MR) is 122 cm³/mol. The fraction of sp³-hybridized carbons (Fsp3) is 0.231. The molecular formula is C26H28N2O2. The Hall–Kier alpha value is -3.40. The smallest absolute Gasteiger partial charge is 0.244 e. The van der Waals surface area contributed by atoms with Gasteiger partial charge in [-0.2, -0.15) is 5.10 Å². The van der Waals surface area contributed by atoms with E-state index in [1.165, 1.54) is 5.56 Å². The highest BCUT2D eigenvalue weighted by molar-refractivity contribution is 5.83. The molecule has 0 fully saturated rings. The molecule has 1 amide bonds. The summed E-state index contributed by atoms with van der Waals surface area (Å²) in [6, 6.07) is 25.8. The van der Waals surface area contributed by atoms with Crippen LogP contribution in [0.15, 0.2) is 84.0 Å². The Morgan fingerprint density at radius 2 is 1.57 bits per heavy atom. The summed E-state index contributed by atoms with van der Waals surface area (Å²) < 4.78 is 5.77. The number of amides is 1. The lowest BCUT2D eigenvalue weighted by molar-refractivity contribution is -0.120. The maximum Gasteiger partial charge on any atom is 0.244 e. The third-order valence-corrected chi connectivity index (χ3v) is 4.72. The maximum atomic E-state index is 12.1. The van der Waals surface area contributed by atoms with Gasteiger partial charge in [-0.15, -0.1) is 0 Å². The molecule has 0 spiro atoms. The predicted octanol–water partition coefficient (Wildman–Crippen LogP) is 5.26. The molecule has 154 valence electrons. The van der Waals surface area contributed by atoms with Crippen molar-refractivity contribution >= 4 is 12.1 Å². The molecule has 4 nitrogen and oxygen atoms in total. The topological polar surface area (TPSA) is 50.7 Å². The Morgan fingerprint density at radius 3 is 2.20 bits per heavy atom. The molecule has 0 aliphatic carbocycles. The summed E-state index contributed by atoms with van der Waals surface area (Å²) >= 11 is 0. The van der Waals surface area contributed by atoms with E-state index in [0.717, 1.165) is 22.4 Å². The molecule has 3 aromatic rings. The van der Waals surface area contributed by atoms with Gasteiger partial charge in [0, 0.05) is 0 Å². The molecule has 0 unspecified atom stereocenters. The van der Waals surface area contributed by atoms with Crippen LogP contribution < -0.4 is 10.2 Å². The Labute approximate surface area is 178 Å². The van der Waals surface area contributed by atoms with Crippen molar-refractivity contribution in [2.24, 2.45) is 5.10 Å². The number of hydrazone groups is 1. The van der Waals surface area contributed by atoms with E-state index >= 15 is 0 Å². The number of hydrogen-bond donors (Lipinski definition) is 1. The number of benzene rings is 3. The fourth-order valence-corrected chi connectivity index (χ4v) is 2.92. The Balaban J connectivity index is 1.46. The van der Waals surface area contributed by atoms with Crippen molar-refractivity contribution in [3.8, 4) is 5.75 Å². The zero-order chi connectivity index (χ0) is 21.4. The Morgan fingerprint density at radius 1 is 0.900 bits per heavy atom. The van der Waals surface area contributed by atoms with Crippen LogP contribution in [0.1, 0.15) is 43.0 Å². The van der Waals surface area contributed by atoms with Crippen LogP contribution in [-0.2, 0) is 23.2 Å². The fourth-order valence-electron chi connectivity index (χ4n) is 2.92. The number of ether oxygens (including phenoxy) is 1. The molecule has 0 aliphatic rings. The van der Waals surface area contributed by atoms with E-state index in [9.17, 15) is 4.79 Å². The molecular weight excluding hydrogens is 372 g/mol. The van der Waals surface area contributed by atoms with E-state index in [-0.39, 0.29) is 11.3 Å². The van der Waals surface area contributed by atoms with Crippen molar-refractivity contribution in [3.05, 3.63) is 101 Å². The van der Waals surface area contributed by atoms with Crippen molar-refractivity contribution in [2.75, 3.05) is 0 Å². The summed E-state index contributed by atoms with van der Waals surface area (Å²) in [5.74, 6) is 0.649. The van der Waals surface area contributed by atoms with Crippen molar-refractivity contribution in [3.63, 3.8) is 0 Å². The zero-order valence-corrected chi connectivity index (χ0v) is 17.8. The number of carbonyl (C=O) groups is 1. The lowest BCUT2D eigenvalue weighted by Gasteiger charge is -2.19. The van der Waals surface area contributed by atoms with Crippen molar-refractivity contribution in [2.45, 2.75) is 39.2 Å². The van der Waals surface area contributed by atoms with Crippen LogP contribution in [0.3, 0.4) is 0 Å². The molecule has 4 heteroatoms. The maximum absolute atomic E-state index is 12.1. The Bertz CT molecular complexity index is 970. The molecule has 30 heavy (non-hydrogen) atoms. The van der Waals surface area contributed by atoms with E-state index in [1.807, 2.05) is 66.7 Å². The number of rotatable bonds is 7. The van der Waals surface area contributed by atoms with Gasteiger partial charge >= 0.3 is 0 Å². The molecule has 3 aromatic carbocycles. The van der Waals surface area contributed by atoms with E-state index in [2.05, 4.69) is 43.4 Å². The first-order valence-corrected chi connectivity index (χ1v) is 10.1. The van der Waals surface area contributed by atoms with Crippen LogP contribution in [0.2, 0.25) is 0 Å². The summed E-state index contributed by atoms with van der Waals surface area (Å²) in [4.78, 5) is 12.1. The van der Waals surface area contributed by atoms with Gasteiger partial charge in [-0.1, -0.05) is 75.4 Å². The van der Waals surface area contributed by atoms with E-state index < -0.39 is 0 Å². The largest absolute Gasteiger partial charge is 0.489 e. The molecule has 0 atom stereocenters. The molecule has 0 bridgehead atoms. The van der Waals surface area contributed by atoms with Crippen LogP contribution >= 0.6 is 0 Å². The summed E-state index contributed by atoms with van der Waals surface area (Å²) in [5, 5.41) is 4.05. The highest BCUT2D eigenvalue weighted by Gasteiger charge is 2.13. The zero-order valence-electron chi connectivity index (χ0n) is 17.8. The normalized spacial score (nSPS) is 11.4. The quantitative estimate of drug-likeness (QED) is 0.435. The van der Waals surface area contributed by atoms with Gasteiger partial charge < -0.3 is 4.74 Å². The number of hydrogen-bond acceptors (Lipinski definition) is 3. The lowest BCUT2D eigenvalue weighted by atomic mass is 9.86. The van der Waals surface area contributed by atoms with Crippen LogP contribution in [0, 0.1) is 0 Å². The Kier molecular flexibility index (Phi) is 7.02. The number of nitrogens with zero attached hydrogens (tertiary/aromatic N) is 1. The second-order valence-electron chi connectivity index (χ2n) is 8.26. The second kappa shape index (κ2) is 9.88. The summed E-state index contributed by atoms with van der Waals surface area (Å²) in [6.45, 7) is 7.04. The van der Waals surface area contributed by atoms with Gasteiger partial charge in [-0.05, 0) is 51.9 Å². The SMILES string of the molecule is CC(C)(C)c1ccc(CC(=O)N/N=C\c2ccc(OCc3ccccc3)cc2)cc1. The van der Waals surface area contributed by atoms with E-state index in [1.54, 1.807) is 6.21 Å². The third-order valence-electron chi connectivity index (χ3n) is 4.72. The molecule has 3 rings (SSSR count). The van der Waals surface area contributed by atoms with Gasteiger partial charge in [0.05, 0.1) is 12.6 Å². The van der Waals surface area contributed by atoms with E-state index in [4.69, 9.17) is 4.74 Å². The first-order chi connectivity index (χ1) is 14.4. The average molecular weight is 401 g/mol. The first kappa shape index (κ1) is 21.3. The van der Waals surface area contributed by atoms with Gasteiger partial charge in [0.2, 0.25) is 5.91 Å². The van der Waals surface area contributed by atoms with Crippen LogP contribution in [0.4, 0.5) is 0 Å². The molecule has 1 N–H and O–H groups in total. The average Bonchev–Trinajstić information content (AvgIpc) is 2.74. The highest BCUT2D eigenvalue weighted by atomic mass is 16.5. The minimum atomic E-state index is -0.141. The monoisotopic (exact) mass is 400 g/mol. The summed E-state index contributed by atoms with van der Waals surface area (Å²) in [6.07, 6.45) is 1.93. The summed E-state index contributed by atoms with van der Waals surface area (Å²) in [7, 11) is 0. The van der Waals surface area contributed by atoms with Crippen molar-refractivity contribution < 1.29 is 9.53 Å². The highest BCUT2D eigenvalue weighted by Crippen LogP contribution is 2.22. The van der Waals surface area contributed by atoms with E-state index in [0.29, 0.717) is 13.0 Å². The van der Waals surface area contributed by atoms with Crippen LogP contribution in [0.5, 0.6) is 5.75 Å². The van der Waals surface area contributed by atoms with Gasteiger partial charge in [0.25, 0.3) is 0 Å². The standard InChI is InChI=1S/C26H28N2O2/c1-26(2,3)23-13-9-20(10-14-23)17-25(29)28-27-18-21-11-15-24(16-12-21)30-19-22-7-5-4-6-8-22/h4-16,18H,17,19H2,1-3H3,(H,28,29)/b27-18-. The molecule has 0 saturated carbocycles. The molecule has 0 radical (unpaired) electrons. The number of nitrogens with one attached hydrogen (secondary N) is 1. The van der Waals surface area contributed by atoms with Gasteiger partial charge in [0.1, 0.15) is 12.4 Å². The summed E-state index contributed by atoms with van der Waals surface area (Å²) in [5.41, 5.74) is 6.92. The van der Waals surface area contributed by atoms with Crippen LogP contribution in [0.25, 0.3) is 0 Å². The first-order valence-electron chi connectivity index (χ1n) is 10.1. The van der Waals surface area contributed by atoms with Crippen molar-refractivity contribution in [1.29, 1.82) is 0 Å². The van der Waals surface area contributed by atoms with Gasteiger partial charge in [-0.25, -0.2) is 5.43 Å². The molecule has 0 heterocycles. The molecule has 0 aromatic heterocycles. The second-order valence-corrected chi connectivity index (χ2v) is 8.26. The minimum Gasteiger partial charge on any atom is -0.489 e. The van der Waals surface area contributed by atoms with Crippen LogP contribution in [-0.4, -0.2) is 12.1 Å².